The number of benzene rings is 1. The molecule has 0 aromatic heterocycles. The third-order valence-corrected chi connectivity index (χ3v) is 3.05. The summed E-state index contributed by atoms with van der Waals surface area (Å²) in [5, 5.41) is 2.85. The largest absolute Gasteiger partial charge is 0.368 e. The molecule has 0 bridgehead atoms. The van der Waals surface area contributed by atoms with Crippen molar-refractivity contribution in [3.63, 3.8) is 0 Å². The first kappa shape index (κ1) is 13.0. The summed E-state index contributed by atoms with van der Waals surface area (Å²) in [6.07, 6.45) is 3.09. The van der Waals surface area contributed by atoms with Crippen molar-refractivity contribution in [1.82, 2.24) is 5.32 Å². The van der Waals surface area contributed by atoms with Crippen LogP contribution >= 0.6 is 0 Å². The molecule has 1 aliphatic rings. The minimum Gasteiger partial charge on any atom is -0.368 e. The molecule has 18 heavy (non-hydrogen) atoms. The minimum atomic E-state index is -0.265. The summed E-state index contributed by atoms with van der Waals surface area (Å²) in [6, 6.07) is 6.56. The van der Waals surface area contributed by atoms with Crippen molar-refractivity contribution in [3.8, 4) is 0 Å². The lowest BCUT2D eigenvalue weighted by Crippen LogP contribution is -2.34. The smallest absolute Gasteiger partial charge is 0.249 e. The van der Waals surface area contributed by atoms with Crippen molar-refractivity contribution < 1.29 is 13.9 Å². The Kier molecular flexibility index (Phi) is 4.70. The number of aryl methyl sites for hydroxylation is 1. The topological polar surface area (TPSA) is 38.3 Å². The van der Waals surface area contributed by atoms with Crippen molar-refractivity contribution in [1.29, 1.82) is 0 Å². The van der Waals surface area contributed by atoms with E-state index in [1.54, 1.807) is 6.07 Å². The monoisotopic (exact) mass is 251 g/mol. The van der Waals surface area contributed by atoms with Crippen LogP contribution in [0, 0.1) is 5.82 Å². The number of ether oxygens (including phenoxy) is 1. The van der Waals surface area contributed by atoms with E-state index in [-0.39, 0.29) is 17.8 Å². The third-order valence-electron chi connectivity index (χ3n) is 3.05. The summed E-state index contributed by atoms with van der Waals surface area (Å²) in [6.45, 7) is 1.29. The molecule has 1 saturated heterocycles. The second-order valence-electron chi connectivity index (χ2n) is 4.53. The maximum atomic E-state index is 12.9. The van der Waals surface area contributed by atoms with Gasteiger partial charge in [-0.25, -0.2) is 4.39 Å². The summed E-state index contributed by atoms with van der Waals surface area (Å²) in [5.41, 5.74) is 0.960. The van der Waals surface area contributed by atoms with Gasteiger partial charge in [0.15, 0.2) is 0 Å². The molecule has 1 amide bonds. The number of carbonyl (C=O) groups is 1. The summed E-state index contributed by atoms with van der Waals surface area (Å²) in [4.78, 5) is 11.6. The molecule has 1 atom stereocenters. The van der Waals surface area contributed by atoms with E-state index in [4.69, 9.17) is 4.74 Å². The number of hydrogen-bond donors (Lipinski definition) is 1. The fourth-order valence-electron chi connectivity index (χ4n) is 2.09. The van der Waals surface area contributed by atoms with Gasteiger partial charge in [-0.2, -0.15) is 0 Å². The van der Waals surface area contributed by atoms with E-state index in [0.29, 0.717) is 13.2 Å². The Morgan fingerprint density at radius 1 is 1.50 bits per heavy atom. The van der Waals surface area contributed by atoms with E-state index in [2.05, 4.69) is 5.32 Å². The molecule has 0 saturated carbocycles. The Balaban J connectivity index is 1.65. The van der Waals surface area contributed by atoms with Crippen LogP contribution < -0.4 is 5.32 Å². The molecular formula is C14H18FNO2. The Morgan fingerprint density at radius 2 is 2.39 bits per heavy atom. The molecule has 1 heterocycles. The standard InChI is InChI=1S/C14H18FNO2/c15-12-6-1-4-11(10-12)5-2-8-16-14(17)13-7-3-9-18-13/h1,4,6,10,13H,2-3,5,7-9H2,(H,16,17)/t13-/m1/s1. The van der Waals surface area contributed by atoms with Gasteiger partial charge in [0.25, 0.3) is 0 Å². The summed E-state index contributed by atoms with van der Waals surface area (Å²) in [7, 11) is 0. The van der Waals surface area contributed by atoms with Gasteiger partial charge in [-0.15, -0.1) is 0 Å². The van der Waals surface area contributed by atoms with E-state index in [9.17, 15) is 9.18 Å². The summed E-state index contributed by atoms with van der Waals surface area (Å²) < 4.78 is 18.2. The van der Waals surface area contributed by atoms with E-state index < -0.39 is 0 Å². The zero-order chi connectivity index (χ0) is 12.8. The molecule has 0 aliphatic carbocycles. The van der Waals surface area contributed by atoms with Crippen molar-refractivity contribution in [3.05, 3.63) is 35.6 Å². The second-order valence-corrected chi connectivity index (χ2v) is 4.53. The Morgan fingerprint density at radius 3 is 3.11 bits per heavy atom. The van der Waals surface area contributed by atoms with E-state index >= 15 is 0 Å². The number of hydrogen-bond acceptors (Lipinski definition) is 2. The molecule has 1 fully saturated rings. The average Bonchev–Trinajstić information content (AvgIpc) is 2.88. The van der Waals surface area contributed by atoms with Crippen LogP contribution in [0.25, 0.3) is 0 Å². The number of rotatable bonds is 5. The van der Waals surface area contributed by atoms with E-state index in [1.165, 1.54) is 12.1 Å². The molecule has 0 spiro atoms. The summed E-state index contributed by atoms with van der Waals surface area (Å²) in [5.74, 6) is -0.234. The molecule has 1 aromatic carbocycles. The number of carbonyl (C=O) groups excluding carboxylic acids is 1. The molecule has 0 radical (unpaired) electrons. The van der Waals surface area contributed by atoms with Gasteiger partial charge in [0, 0.05) is 13.2 Å². The zero-order valence-corrected chi connectivity index (χ0v) is 10.3. The van der Waals surface area contributed by atoms with Gasteiger partial charge in [0.1, 0.15) is 11.9 Å². The number of amides is 1. The molecule has 1 N–H and O–H groups in total. The summed E-state index contributed by atoms with van der Waals surface area (Å²) >= 11 is 0. The van der Waals surface area contributed by atoms with Crippen molar-refractivity contribution >= 4 is 5.91 Å². The van der Waals surface area contributed by atoms with Gasteiger partial charge in [0.05, 0.1) is 0 Å². The molecule has 3 nitrogen and oxygen atoms in total. The Bertz CT molecular complexity index is 403. The number of nitrogens with one attached hydrogen (secondary N) is 1. The maximum absolute atomic E-state index is 12.9. The zero-order valence-electron chi connectivity index (χ0n) is 10.3. The first-order valence-corrected chi connectivity index (χ1v) is 6.39. The van der Waals surface area contributed by atoms with Crippen LogP contribution in [0.4, 0.5) is 4.39 Å². The number of halogens is 1. The SMILES string of the molecule is O=C(NCCCc1cccc(F)c1)[C@H]1CCCO1. The first-order chi connectivity index (χ1) is 8.75. The van der Waals surface area contributed by atoms with Gasteiger partial charge in [0.2, 0.25) is 5.91 Å². The highest BCUT2D eigenvalue weighted by Crippen LogP contribution is 2.11. The molecule has 4 heteroatoms. The fraction of sp³-hybridized carbons (Fsp3) is 0.500. The molecular weight excluding hydrogens is 233 g/mol. The lowest BCUT2D eigenvalue weighted by atomic mass is 10.1. The highest BCUT2D eigenvalue weighted by molar-refractivity contribution is 5.80. The second kappa shape index (κ2) is 6.50. The van der Waals surface area contributed by atoms with Gasteiger partial charge < -0.3 is 10.1 Å². The van der Waals surface area contributed by atoms with Crippen LogP contribution in [0.5, 0.6) is 0 Å². The molecule has 0 unspecified atom stereocenters. The van der Waals surface area contributed by atoms with E-state index in [0.717, 1.165) is 31.2 Å². The van der Waals surface area contributed by atoms with Crippen molar-refractivity contribution in [2.75, 3.05) is 13.2 Å². The van der Waals surface area contributed by atoms with Crippen LogP contribution in [-0.4, -0.2) is 25.2 Å². The van der Waals surface area contributed by atoms with Gasteiger partial charge in [-0.3, -0.25) is 4.79 Å². The van der Waals surface area contributed by atoms with Crippen LogP contribution in [-0.2, 0) is 16.0 Å². The Labute approximate surface area is 106 Å². The predicted octanol–water partition coefficient (Wildman–Crippen LogP) is 2.05. The third kappa shape index (κ3) is 3.81. The normalized spacial score (nSPS) is 18.8. The Hall–Kier alpha value is -1.42. The first-order valence-electron chi connectivity index (χ1n) is 6.39. The average molecular weight is 251 g/mol. The molecule has 1 aliphatic heterocycles. The minimum absolute atomic E-state index is 0.0215. The molecule has 2 rings (SSSR count). The molecule has 1 aromatic rings. The van der Waals surface area contributed by atoms with E-state index in [1.807, 2.05) is 6.07 Å². The van der Waals surface area contributed by atoms with Crippen molar-refractivity contribution in [2.45, 2.75) is 31.8 Å². The van der Waals surface area contributed by atoms with Crippen molar-refractivity contribution in [2.24, 2.45) is 0 Å². The molecule has 98 valence electrons. The van der Waals surface area contributed by atoms with Crippen LogP contribution in [0.3, 0.4) is 0 Å². The van der Waals surface area contributed by atoms with Crippen LogP contribution in [0.15, 0.2) is 24.3 Å². The van der Waals surface area contributed by atoms with Gasteiger partial charge in [-0.1, -0.05) is 12.1 Å². The lowest BCUT2D eigenvalue weighted by Gasteiger charge is -2.10. The predicted molar refractivity (Wildman–Crippen MR) is 66.7 cm³/mol. The van der Waals surface area contributed by atoms with Gasteiger partial charge >= 0.3 is 0 Å². The highest BCUT2D eigenvalue weighted by Gasteiger charge is 2.22. The lowest BCUT2D eigenvalue weighted by molar-refractivity contribution is -0.130. The fourth-order valence-corrected chi connectivity index (χ4v) is 2.09. The quantitative estimate of drug-likeness (QED) is 0.813. The maximum Gasteiger partial charge on any atom is 0.249 e. The highest BCUT2D eigenvalue weighted by atomic mass is 19.1. The van der Waals surface area contributed by atoms with Crippen LogP contribution in [0.2, 0.25) is 0 Å². The van der Waals surface area contributed by atoms with Crippen LogP contribution in [0.1, 0.15) is 24.8 Å². The van der Waals surface area contributed by atoms with Gasteiger partial charge in [-0.05, 0) is 43.4 Å².